The Labute approximate surface area is 200 Å². The van der Waals surface area contributed by atoms with E-state index in [0.29, 0.717) is 11.7 Å². The third kappa shape index (κ3) is 4.76. The van der Waals surface area contributed by atoms with Gasteiger partial charge in [0, 0.05) is 17.8 Å². The summed E-state index contributed by atoms with van der Waals surface area (Å²) in [5.74, 6) is 1.01. The molecular weight excluding hydrogens is 428 g/mol. The lowest BCUT2D eigenvalue weighted by molar-refractivity contribution is -0.122. The van der Waals surface area contributed by atoms with E-state index in [2.05, 4.69) is 19.2 Å². The Balaban J connectivity index is 1.66. The number of ether oxygens (including phenoxy) is 2. The van der Waals surface area contributed by atoms with Gasteiger partial charge in [-0.1, -0.05) is 38.1 Å². The molecule has 3 aromatic rings. The number of methoxy groups -OCH3 is 2. The zero-order valence-electron chi connectivity index (χ0n) is 19.9. The summed E-state index contributed by atoms with van der Waals surface area (Å²) < 4.78 is 10.6. The lowest BCUT2D eigenvalue weighted by Crippen LogP contribution is -2.32. The van der Waals surface area contributed by atoms with E-state index in [0.717, 1.165) is 22.7 Å². The lowest BCUT2D eigenvalue weighted by atomic mass is 9.92. The topological polar surface area (TPSA) is 67.9 Å². The van der Waals surface area contributed by atoms with Crippen molar-refractivity contribution in [1.29, 1.82) is 0 Å². The number of hydrogen-bond acceptors (Lipinski definition) is 4. The summed E-state index contributed by atoms with van der Waals surface area (Å²) in [6.07, 6.45) is 0.124. The molecule has 1 aliphatic heterocycles. The first-order chi connectivity index (χ1) is 16.4. The Morgan fingerprint density at radius 2 is 1.44 bits per heavy atom. The van der Waals surface area contributed by atoms with Crippen molar-refractivity contribution in [3.05, 3.63) is 83.9 Å². The summed E-state index contributed by atoms with van der Waals surface area (Å²) in [5.41, 5.74) is 3.52. The van der Waals surface area contributed by atoms with Crippen LogP contribution in [-0.4, -0.2) is 26.0 Å². The highest BCUT2D eigenvalue weighted by Gasteiger charge is 2.45. The van der Waals surface area contributed by atoms with Gasteiger partial charge in [0.15, 0.2) is 0 Å². The SMILES string of the molecule is COc1ccc([C@@H]2[C@H](C(=O)Nc3ccc(C(C)C)cc3)CC(=O)N2c2ccc(OC)cc2)cc1. The van der Waals surface area contributed by atoms with E-state index < -0.39 is 12.0 Å². The summed E-state index contributed by atoms with van der Waals surface area (Å²) in [5, 5.41) is 3.02. The van der Waals surface area contributed by atoms with Gasteiger partial charge >= 0.3 is 0 Å². The number of amides is 2. The first-order valence-electron chi connectivity index (χ1n) is 11.4. The molecule has 1 heterocycles. The van der Waals surface area contributed by atoms with Crippen molar-refractivity contribution in [2.75, 3.05) is 24.4 Å². The molecule has 3 aromatic carbocycles. The maximum absolute atomic E-state index is 13.4. The zero-order chi connectivity index (χ0) is 24.2. The molecule has 0 unspecified atom stereocenters. The normalized spacial score (nSPS) is 17.7. The lowest BCUT2D eigenvalue weighted by Gasteiger charge is -2.28. The second kappa shape index (κ2) is 10.00. The summed E-state index contributed by atoms with van der Waals surface area (Å²) in [4.78, 5) is 28.4. The van der Waals surface area contributed by atoms with E-state index in [1.165, 1.54) is 5.56 Å². The van der Waals surface area contributed by atoms with Crippen LogP contribution in [0.5, 0.6) is 11.5 Å². The van der Waals surface area contributed by atoms with Crippen LogP contribution in [0.1, 0.15) is 43.4 Å². The van der Waals surface area contributed by atoms with E-state index in [4.69, 9.17) is 9.47 Å². The maximum Gasteiger partial charge on any atom is 0.230 e. The summed E-state index contributed by atoms with van der Waals surface area (Å²) in [6, 6.07) is 22.3. The standard InChI is InChI=1S/C28H30N2O4/c1-18(2)19-5-9-21(10-6-19)29-28(32)25-17-26(31)30(22-11-15-24(34-4)16-12-22)27(25)20-7-13-23(33-3)14-8-20/h5-16,18,25,27H,17H2,1-4H3,(H,29,32)/t25-,27-/m1/s1. The molecule has 1 fully saturated rings. The van der Waals surface area contributed by atoms with Gasteiger partial charge in [0.1, 0.15) is 11.5 Å². The molecule has 6 nitrogen and oxygen atoms in total. The minimum atomic E-state index is -0.548. The molecule has 2 atom stereocenters. The number of nitrogens with one attached hydrogen (secondary N) is 1. The molecule has 2 amide bonds. The molecule has 0 aliphatic carbocycles. The highest BCUT2D eigenvalue weighted by molar-refractivity contribution is 6.04. The van der Waals surface area contributed by atoms with Gasteiger partial charge < -0.3 is 19.7 Å². The quantitative estimate of drug-likeness (QED) is 0.503. The highest BCUT2D eigenvalue weighted by atomic mass is 16.5. The number of carbonyl (C=O) groups is 2. The Bertz CT molecular complexity index is 1140. The van der Waals surface area contributed by atoms with Crippen molar-refractivity contribution in [2.45, 2.75) is 32.2 Å². The number of benzene rings is 3. The van der Waals surface area contributed by atoms with Gasteiger partial charge in [0.2, 0.25) is 11.8 Å². The van der Waals surface area contributed by atoms with Crippen molar-refractivity contribution in [2.24, 2.45) is 5.92 Å². The predicted molar refractivity (Wildman–Crippen MR) is 133 cm³/mol. The molecule has 176 valence electrons. The summed E-state index contributed by atoms with van der Waals surface area (Å²) in [6.45, 7) is 4.26. The Morgan fingerprint density at radius 1 is 0.882 bits per heavy atom. The van der Waals surface area contributed by atoms with Gasteiger partial charge in [0.25, 0.3) is 0 Å². The van der Waals surface area contributed by atoms with Gasteiger partial charge in [-0.05, 0) is 65.6 Å². The molecule has 34 heavy (non-hydrogen) atoms. The van der Waals surface area contributed by atoms with E-state index in [-0.39, 0.29) is 18.2 Å². The van der Waals surface area contributed by atoms with Gasteiger partial charge in [0.05, 0.1) is 26.2 Å². The Morgan fingerprint density at radius 3 is 1.97 bits per heavy atom. The maximum atomic E-state index is 13.4. The highest BCUT2D eigenvalue weighted by Crippen LogP contribution is 2.42. The number of nitrogens with zero attached hydrogens (tertiary/aromatic N) is 1. The molecule has 1 aliphatic rings. The van der Waals surface area contributed by atoms with Gasteiger partial charge in [-0.25, -0.2) is 0 Å². The van der Waals surface area contributed by atoms with Crippen LogP contribution in [-0.2, 0) is 9.59 Å². The van der Waals surface area contributed by atoms with Crippen LogP contribution in [0.2, 0.25) is 0 Å². The van der Waals surface area contributed by atoms with Gasteiger partial charge in [-0.15, -0.1) is 0 Å². The molecular formula is C28H30N2O4. The molecule has 0 saturated carbocycles. The average Bonchev–Trinajstić information content (AvgIpc) is 3.21. The predicted octanol–water partition coefficient (Wildman–Crippen LogP) is 5.56. The van der Waals surface area contributed by atoms with E-state index in [1.54, 1.807) is 19.1 Å². The van der Waals surface area contributed by atoms with Crippen LogP contribution in [0.25, 0.3) is 0 Å². The first-order valence-corrected chi connectivity index (χ1v) is 11.4. The van der Waals surface area contributed by atoms with Crippen molar-refractivity contribution < 1.29 is 19.1 Å². The van der Waals surface area contributed by atoms with Gasteiger partial charge in [-0.2, -0.15) is 0 Å². The number of carbonyl (C=O) groups excluding carboxylic acids is 2. The molecule has 4 rings (SSSR count). The third-order valence-corrected chi connectivity index (χ3v) is 6.31. The smallest absolute Gasteiger partial charge is 0.230 e. The van der Waals surface area contributed by atoms with Gasteiger partial charge in [-0.3, -0.25) is 9.59 Å². The fraction of sp³-hybridized carbons (Fsp3) is 0.286. The molecule has 0 radical (unpaired) electrons. The van der Waals surface area contributed by atoms with Crippen molar-refractivity contribution >= 4 is 23.2 Å². The fourth-order valence-corrected chi connectivity index (χ4v) is 4.39. The first kappa shape index (κ1) is 23.4. The molecule has 0 aromatic heterocycles. The van der Waals surface area contributed by atoms with E-state index in [1.807, 2.05) is 72.8 Å². The molecule has 6 heteroatoms. The number of anilines is 2. The van der Waals surface area contributed by atoms with Crippen LogP contribution in [0, 0.1) is 5.92 Å². The van der Waals surface area contributed by atoms with Crippen LogP contribution >= 0.6 is 0 Å². The van der Waals surface area contributed by atoms with E-state index >= 15 is 0 Å². The second-order valence-electron chi connectivity index (χ2n) is 8.76. The second-order valence-corrected chi connectivity index (χ2v) is 8.76. The molecule has 0 spiro atoms. The summed E-state index contributed by atoms with van der Waals surface area (Å²) in [7, 11) is 3.21. The van der Waals surface area contributed by atoms with Crippen molar-refractivity contribution in [3.8, 4) is 11.5 Å². The minimum absolute atomic E-state index is 0.0960. The fourth-order valence-electron chi connectivity index (χ4n) is 4.39. The van der Waals surface area contributed by atoms with E-state index in [9.17, 15) is 9.59 Å². The average molecular weight is 459 g/mol. The summed E-state index contributed by atoms with van der Waals surface area (Å²) >= 11 is 0. The van der Waals surface area contributed by atoms with Crippen LogP contribution < -0.4 is 19.7 Å². The largest absolute Gasteiger partial charge is 0.497 e. The number of hydrogen-bond donors (Lipinski definition) is 1. The van der Waals surface area contributed by atoms with Crippen LogP contribution in [0.3, 0.4) is 0 Å². The number of rotatable bonds is 7. The molecule has 1 N–H and O–H groups in total. The minimum Gasteiger partial charge on any atom is -0.497 e. The van der Waals surface area contributed by atoms with Crippen molar-refractivity contribution in [3.63, 3.8) is 0 Å². The monoisotopic (exact) mass is 458 g/mol. The molecule has 0 bridgehead atoms. The Kier molecular flexibility index (Phi) is 6.87. The third-order valence-electron chi connectivity index (χ3n) is 6.31. The Hall–Kier alpha value is -3.80. The van der Waals surface area contributed by atoms with Crippen LogP contribution in [0.15, 0.2) is 72.8 Å². The molecule has 1 saturated heterocycles. The zero-order valence-corrected chi connectivity index (χ0v) is 19.9. The van der Waals surface area contributed by atoms with Crippen molar-refractivity contribution in [1.82, 2.24) is 0 Å². The van der Waals surface area contributed by atoms with Crippen LogP contribution in [0.4, 0.5) is 11.4 Å².